The van der Waals surface area contributed by atoms with Crippen LogP contribution in [0, 0.1) is 5.92 Å². The molecule has 0 radical (unpaired) electrons. The van der Waals surface area contributed by atoms with Gasteiger partial charge in [-0.25, -0.2) is 0 Å². The molecule has 92 valence electrons. The van der Waals surface area contributed by atoms with Crippen molar-refractivity contribution >= 4 is 11.8 Å². The fraction of sp³-hybridized carbons (Fsp3) is 0.778. The zero-order valence-electron chi connectivity index (χ0n) is 7.90. The minimum absolute atomic E-state index is 0.00579. The van der Waals surface area contributed by atoms with E-state index < -0.39 is 28.3 Å². The second-order valence-electron chi connectivity index (χ2n) is 3.96. The van der Waals surface area contributed by atoms with Gasteiger partial charge in [-0.1, -0.05) is 12.2 Å². The van der Waals surface area contributed by atoms with Gasteiger partial charge in [0.15, 0.2) is 0 Å². The second kappa shape index (κ2) is 3.34. The van der Waals surface area contributed by atoms with Crippen molar-refractivity contribution in [2.45, 2.75) is 35.2 Å². The number of thioether (sulfide) groups is 1. The van der Waals surface area contributed by atoms with E-state index in [1.807, 2.05) is 0 Å². The van der Waals surface area contributed by atoms with Crippen molar-refractivity contribution in [1.29, 1.82) is 0 Å². The Morgan fingerprint density at radius 2 is 1.50 bits per heavy atom. The van der Waals surface area contributed by atoms with Crippen LogP contribution in [0.3, 0.4) is 0 Å². The molecule has 1 saturated heterocycles. The van der Waals surface area contributed by atoms with E-state index in [4.69, 9.17) is 0 Å². The van der Waals surface area contributed by atoms with E-state index >= 15 is 0 Å². The summed E-state index contributed by atoms with van der Waals surface area (Å²) >= 11 is 0.00579. The van der Waals surface area contributed by atoms with Crippen molar-refractivity contribution in [3.8, 4) is 0 Å². The number of alkyl halides is 6. The summed E-state index contributed by atoms with van der Waals surface area (Å²) < 4.78 is 73.1. The largest absolute Gasteiger partial charge is 0.412 e. The highest BCUT2D eigenvalue weighted by atomic mass is 32.2. The van der Waals surface area contributed by atoms with Gasteiger partial charge in [-0.2, -0.15) is 26.3 Å². The van der Waals surface area contributed by atoms with Crippen molar-refractivity contribution in [2.75, 3.05) is 0 Å². The fourth-order valence-corrected chi connectivity index (χ4v) is 3.81. The average Bonchev–Trinajstić information content (AvgIpc) is 2.16. The number of hydrogen-bond acceptors (Lipinski definition) is 1. The van der Waals surface area contributed by atoms with Crippen LogP contribution in [0.1, 0.15) is 12.8 Å². The van der Waals surface area contributed by atoms with E-state index in [0.717, 1.165) is 6.08 Å². The Kier molecular flexibility index (Phi) is 2.53. The number of fused-ring (bicyclic) bond motifs is 2. The molecule has 3 aliphatic rings. The molecule has 0 N–H and O–H groups in total. The third kappa shape index (κ3) is 1.47. The van der Waals surface area contributed by atoms with Crippen LogP contribution < -0.4 is 0 Å². The maximum absolute atomic E-state index is 12.8. The summed E-state index contributed by atoms with van der Waals surface area (Å²) in [5, 5.41) is -0.673. The predicted octanol–water partition coefficient (Wildman–Crippen LogP) is 3.93. The van der Waals surface area contributed by atoms with Crippen LogP contribution in [0.15, 0.2) is 12.2 Å². The van der Waals surface area contributed by atoms with Crippen LogP contribution >= 0.6 is 11.8 Å². The molecule has 1 fully saturated rings. The summed E-state index contributed by atoms with van der Waals surface area (Å²) in [7, 11) is 0. The molecule has 0 saturated carbocycles. The zero-order valence-corrected chi connectivity index (χ0v) is 8.72. The SMILES string of the molecule is FC(F)(F)C1(C(F)(F)F)SC2C=CC1CC2. The molecule has 7 heteroatoms. The molecule has 3 rings (SSSR count). The highest BCUT2D eigenvalue weighted by Crippen LogP contribution is 2.63. The average molecular weight is 262 g/mol. The van der Waals surface area contributed by atoms with E-state index in [9.17, 15) is 26.3 Å². The summed E-state index contributed by atoms with van der Waals surface area (Å²) in [5.41, 5.74) is 0. The van der Waals surface area contributed by atoms with Crippen molar-refractivity contribution in [3.63, 3.8) is 0 Å². The number of halogens is 6. The van der Waals surface area contributed by atoms with Gasteiger partial charge in [-0.3, -0.25) is 0 Å². The lowest BCUT2D eigenvalue weighted by Gasteiger charge is -2.48. The van der Waals surface area contributed by atoms with Gasteiger partial charge in [-0.05, 0) is 12.8 Å². The predicted molar refractivity (Wildman–Crippen MR) is 48.1 cm³/mol. The van der Waals surface area contributed by atoms with Crippen molar-refractivity contribution in [1.82, 2.24) is 0 Å². The molecular formula is C9H8F6S. The van der Waals surface area contributed by atoms with Gasteiger partial charge in [0.1, 0.15) is 0 Å². The van der Waals surface area contributed by atoms with Gasteiger partial charge in [0.25, 0.3) is 0 Å². The second-order valence-corrected chi connectivity index (χ2v) is 5.44. The smallest absolute Gasteiger partial charge is 0.169 e. The van der Waals surface area contributed by atoms with Gasteiger partial charge < -0.3 is 0 Å². The highest BCUT2D eigenvalue weighted by molar-refractivity contribution is 8.01. The van der Waals surface area contributed by atoms with Crippen LogP contribution in [0.5, 0.6) is 0 Å². The Morgan fingerprint density at radius 3 is 1.69 bits per heavy atom. The molecule has 0 spiro atoms. The maximum Gasteiger partial charge on any atom is 0.412 e. The Bertz CT molecular complexity index is 301. The quantitative estimate of drug-likeness (QED) is 0.471. The van der Waals surface area contributed by atoms with Gasteiger partial charge in [0.05, 0.1) is 0 Å². The van der Waals surface area contributed by atoms with Crippen LogP contribution in [0.25, 0.3) is 0 Å². The lowest BCUT2D eigenvalue weighted by atomic mass is 9.81. The molecule has 0 aromatic rings. The van der Waals surface area contributed by atoms with E-state index in [2.05, 4.69) is 0 Å². The summed E-state index contributed by atoms with van der Waals surface area (Å²) in [5.74, 6) is -1.48. The fourth-order valence-electron chi connectivity index (χ4n) is 2.27. The highest BCUT2D eigenvalue weighted by Gasteiger charge is 2.76. The molecule has 2 aliphatic heterocycles. The molecule has 0 amide bonds. The topological polar surface area (TPSA) is 0 Å². The molecule has 2 atom stereocenters. The Hall–Kier alpha value is -0.330. The minimum Gasteiger partial charge on any atom is -0.169 e. The van der Waals surface area contributed by atoms with E-state index in [-0.39, 0.29) is 18.2 Å². The molecule has 0 aromatic carbocycles. The normalized spacial score (nSPS) is 33.1. The van der Waals surface area contributed by atoms with Crippen LogP contribution in [0.2, 0.25) is 0 Å². The molecule has 16 heavy (non-hydrogen) atoms. The first-order valence-corrected chi connectivity index (χ1v) is 5.56. The van der Waals surface area contributed by atoms with Crippen molar-refractivity contribution < 1.29 is 26.3 Å². The maximum atomic E-state index is 12.8. The molecule has 2 bridgehead atoms. The summed E-state index contributed by atoms with van der Waals surface area (Å²) in [4.78, 5) is 0. The summed E-state index contributed by atoms with van der Waals surface area (Å²) in [6.07, 6.45) is -7.65. The van der Waals surface area contributed by atoms with Gasteiger partial charge in [0.2, 0.25) is 4.75 Å². The first kappa shape index (κ1) is 12.1. The molecule has 2 heterocycles. The first-order valence-electron chi connectivity index (χ1n) is 4.68. The first-order chi connectivity index (χ1) is 7.18. The Labute approximate surface area is 92.1 Å². The number of rotatable bonds is 0. The standard InChI is InChI=1S/C9H8F6S/c10-8(11,12)7(9(13,14)15)5-1-3-6(16-7)4-2-5/h1,3,5-6H,2,4H2. The third-order valence-corrected chi connectivity index (χ3v) is 4.85. The molecule has 2 unspecified atom stereocenters. The van der Waals surface area contributed by atoms with Crippen LogP contribution in [0.4, 0.5) is 26.3 Å². The zero-order chi connectivity index (χ0) is 12.2. The lowest BCUT2D eigenvalue weighted by Crippen LogP contribution is -2.62. The Balaban J connectivity index is 2.50. The molecular weight excluding hydrogens is 254 g/mol. The van der Waals surface area contributed by atoms with Gasteiger partial charge in [0, 0.05) is 11.2 Å². The molecule has 0 aromatic heterocycles. The van der Waals surface area contributed by atoms with Crippen molar-refractivity contribution in [2.24, 2.45) is 5.92 Å². The molecule has 0 nitrogen and oxygen atoms in total. The van der Waals surface area contributed by atoms with E-state index in [0.29, 0.717) is 6.42 Å². The number of allylic oxidation sites excluding steroid dienone is 1. The van der Waals surface area contributed by atoms with Crippen LogP contribution in [-0.2, 0) is 0 Å². The monoisotopic (exact) mass is 262 g/mol. The summed E-state index contributed by atoms with van der Waals surface area (Å²) in [6, 6.07) is 0. The van der Waals surface area contributed by atoms with E-state index in [1.54, 1.807) is 0 Å². The minimum atomic E-state index is -5.26. The van der Waals surface area contributed by atoms with E-state index in [1.165, 1.54) is 6.08 Å². The summed E-state index contributed by atoms with van der Waals surface area (Å²) in [6.45, 7) is 0. The van der Waals surface area contributed by atoms with Crippen LogP contribution in [-0.4, -0.2) is 22.3 Å². The number of hydrogen-bond donors (Lipinski definition) is 0. The third-order valence-electron chi connectivity index (χ3n) is 3.02. The molecule has 1 aliphatic carbocycles. The van der Waals surface area contributed by atoms with Crippen molar-refractivity contribution in [3.05, 3.63) is 12.2 Å². The van der Waals surface area contributed by atoms with Gasteiger partial charge >= 0.3 is 12.4 Å². The lowest BCUT2D eigenvalue weighted by molar-refractivity contribution is -0.276. The Morgan fingerprint density at radius 1 is 0.938 bits per heavy atom. The van der Waals surface area contributed by atoms with Gasteiger partial charge in [-0.15, -0.1) is 11.8 Å².